The summed E-state index contributed by atoms with van der Waals surface area (Å²) in [7, 11) is 0. The second kappa shape index (κ2) is 5.29. The number of rotatable bonds is 4. The molecule has 1 aromatic carbocycles. The molecule has 0 spiro atoms. The maximum atomic E-state index is 12.7. The van der Waals surface area contributed by atoms with Gasteiger partial charge in [-0.05, 0) is 24.1 Å². The van der Waals surface area contributed by atoms with Crippen molar-refractivity contribution in [1.29, 1.82) is 5.41 Å². The summed E-state index contributed by atoms with van der Waals surface area (Å²) in [6.45, 7) is 4.24. The molecule has 3 N–H and O–H groups in total. The third-order valence-corrected chi connectivity index (χ3v) is 2.17. The van der Waals surface area contributed by atoms with E-state index in [1.54, 1.807) is 0 Å². The number of halogens is 3. The fourth-order valence-corrected chi connectivity index (χ4v) is 1.35. The van der Waals surface area contributed by atoms with Crippen LogP contribution in [-0.2, 0) is 6.18 Å². The van der Waals surface area contributed by atoms with Crippen LogP contribution in [0.1, 0.15) is 25.0 Å². The molecule has 0 saturated carbocycles. The van der Waals surface area contributed by atoms with Gasteiger partial charge in [0.1, 0.15) is 11.6 Å². The number of hydrogen-bond acceptors (Lipinski definition) is 2. The molecule has 0 fully saturated rings. The molecule has 100 valence electrons. The summed E-state index contributed by atoms with van der Waals surface area (Å²) >= 11 is 0. The van der Waals surface area contributed by atoms with Crippen LogP contribution in [0, 0.1) is 11.3 Å². The van der Waals surface area contributed by atoms with Crippen molar-refractivity contribution in [1.82, 2.24) is 0 Å². The summed E-state index contributed by atoms with van der Waals surface area (Å²) in [5.41, 5.74) is 3.88. The molecule has 0 aliphatic heterocycles. The topological polar surface area (TPSA) is 59.1 Å². The molecule has 1 rings (SSSR count). The predicted octanol–water partition coefficient (Wildman–Crippen LogP) is 3.02. The number of nitrogens with one attached hydrogen (secondary N) is 1. The Kier molecular flexibility index (Phi) is 4.21. The van der Waals surface area contributed by atoms with Crippen molar-refractivity contribution in [2.45, 2.75) is 20.0 Å². The van der Waals surface area contributed by atoms with Crippen molar-refractivity contribution >= 4 is 5.84 Å². The van der Waals surface area contributed by atoms with Crippen LogP contribution < -0.4 is 10.5 Å². The average molecular weight is 260 g/mol. The van der Waals surface area contributed by atoms with Crippen LogP contribution in [0.5, 0.6) is 5.75 Å². The molecule has 0 aliphatic rings. The van der Waals surface area contributed by atoms with Gasteiger partial charge in [0.2, 0.25) is 0 Å². The first kappa shape index (κ1) is 14.3. The molecule has 0 bridgehead atoms. The van der Waals surface area contributed by atoms with Crippen LogP contribution in [0.25, 0.3) is 0 Å². The minimum absolute atomic E-state index is 0.257. The van der Waals surface area contributed by atoms with Gasteiger partial charge in [-0.15, -0.1) is 0 Å². The number of nitrogens with two attached hydrogens (primary N) is 1. The lowest BCUT2D eigenvalue weighted by Gasteiger charge is -2.14. The van der Waals surface area contributed by atoms with Crippen molar-refractivity contribution in [3.8, 4) is 5.75 Å². The van der Waals surface area contributed by atoms with E-state index in [9.17, 15) is 13.2 Å². The molecule has 0 atom stereocenters. The Morgan fingerprint density at radius 1 is 1.39 bits per heavy atom. The Labute approximate surface area is 103 Å². The normalized spacial score (nSPS) is 11.7. The molecule has 3 nitrogen and oxygen atoms in total. The van der Waals surface area contributed by atoms with Crippen molar-refractivity contribution in [2.24, 2.45) is 11.7 Å². The fraction of sp³-hybridized carbons (Fsp3) is 0.417. The second-order valence-corrected chi connectivity index (χ2v) is 4.32. The van der Waals surface area contributed by atoms with Crippen molar-refractivity contribution < 1.29 is 17.9 Å². The molecule has 0 aromatic heterocycles. The summed E-state index contributed by atoms with van der Waals surface area (Å²) in [6.07, 6.45) is -4.53. The van der Waals surface area contributed by atoms with Gasteiger partial charge >= 0.3 is 6.18 Å². The molecule has 1 aromatic rings. The zero-order valence-electron chi connectivity index (χ0n) is 10.1. The monoisotopic (exact) mass is 260 g/mol. The first-order chi connectivity index (χ1) is 8.21. The zero-order valence-corrected chi connectivity index (χ0v) is 10.1. The number of nitrogen functional groups attached to an aromatic ring is 1. The lowest BCUT2D eigenvalue weighted by molar-refractivity contribution is -0.137. The summed E-state index contributed by atoms with van der Waals surface area (Å²) in [6, 6.07) is 3.26. The third kappa shape index (κ3) is 3.65. The highest BCUT2D eigenvalue weighted by molar-refractivity contribution is 5.97. The van der Waals surface area contributed by atoms with Gasteiger partial charge in [0, 0.05) is 5.56 Å². The number of alkyl halides is 3. The summed E-state index contributed by atoms with van der Waals surface area (Å²) in [5.74, 6) is -0.0905. The van der Waals surface area contributed by atoms with E-state index < -0.39 is 17.6 Å². The van der Waals surface area contributed by atoms with Crippen LogP contribution in [0.2, 0.25) is 0 Å². The zero-order chi connectivity index (χ0) is 13.9. The Morgan fingerprint density at radius 3 is 2.44 bits per heavy atom. The van der Waals surface area contributed by atoms with Gasteiger partial charge in [-0.1, -0.05) is 13.8 Å². The highest BCUT2D eigenvalue weighted by atomic mass is 19.4. The van der Waals surface area contributed by atoms with Gasteiger partial charge < -0.3 is 10.5 Å². The number of hydrogen-bond donors (Lipinski definition) is 2. The molecule has 0 saturated heterocycles. The van der Waals surface area contributed by atoms with Crippen LogP contribution >= 0.6 is 0 Å². The first-order valence-electron chi connectivity index (χ1n) is 5.40. The highest BCUT2D eigenvalue weighted by Gasteiger charge is 2.34. The van der Waals surface area contributed by atoms with Crippen molar-refractivity contribution in [3.05, 3.63) is 29.3 Å². The Balaban J connectivity index is 3.08. The quantitative estimate of drug-likeness (QED) is 0.645. The molecule has 0 radical (unpaired) electrons. The number of amidine groups is 1. The lowest BCUT2D eigenvalue weighted by atomic mass is 10.1. The Bertz CT molecular complexity index is 441. The van der Waals surface area contributed by atoms with E-state index in [1.165, 1.54) is 6.07 Å². The molecule has 0 unspecified atom stereocenters. The van der Waals surface area contributed by atoms with E-state index in [0.29, 0.717) is 6.61 Å². The standard InChI is InChI=1S/C12H15F3N2O/c1-7(2)6-18-8-3-4-10(12(13,14)15)9(5-8)11(16)17/h3-5,7H,6H2,1-2H3,(H3,16,17). The lowest BCUT2D eigenvalue weighted by Crippen LogP contribution is -2.19. The Hall–Kier alpha value is -1.72. The number of ether oxygens (including phenoxy) is 1. The average Bonchev–Trinajstić information content (AvgIpc) is 2.24. The van der Waals surface area contributed by atoms with Crippen LogP contribution in [0.15, 0.2) is 18.2 Å². The summed E-state index contributed by atoms with van der Waals surface area (Å²) in [4.78, 5) is 0. The summed E-state index contributed by atoms with van der Waals surface area (Å²) < 4.78 is 43.3. The van der Waals surface area contributed by atoms with Gasteiger partial charge in [0.15, 0.2) is 0 Å². The molecular weight excluding hydrogens is 245 g/mol. The second-order valence-electron chi connectivity index (χ2n) is 4.32. The molecular formula is C12H15F3N2O. The van der Waals surface area contributed by atoms with Crippen LogP contribution in [-0.4, -0.2) is 12.4 Å². The van der Waals surface area contributed by atoms with E-state index >= 15 is 0 Å². The SMILES string of the molecule is CC(C)COc1ccc(C(F)(F)F)c(C(=N)N)c1. The summed E-state index contributed by atoms with van der Waals surface area (Å²) in [5, 5.41) is 7.19. The largest absolute Gasteiger partial charge is 0.493 e. The van der Waals surface area contributed by atoms with Gasteiger partial charge in [-0.3, -0.25) is 5.41 Å². The first-order valence-corrected chi connectivity index (χ1v) is 5.40. The van der Waals surface area contributed by atoms with Crippen molar-refractivity contribution in [2.75, 3.05) is 6.61 Å². The molecule has 18 heavy (non-hydrogen) atoms. The maximum Gasteiger partial charge on any atom is 0.417 e. The third-order valence-electron chi connectivity index (χ3n) is 2.17. The van der Waals surface area contributed by atoms with E-state index in [2.05, 4.69) is 0 Å². The Morgan fingerprint density at radius 2 is 2.00 bits per heavy atom. The van der Waals surface area contributed by atoms with E-state index in [-0.39, 0.29) is 17.2 Å². The van der Waals surface area contributed by atoms with Gasteiger partial charge in [0.05, 0.1) is 12.2 Å². The van der Waals surface area contributed by atoms with Gasteiger partial charge in [0.25, 0.3) is 0 Å². The molecule has 6 heteroatoms. The van der Waals surface area contributed by atoms with Gasteiger partial charge in [-0.2, -0.15) is 13.2 Å². The molecule has 0 aliphatic carbocycles. The van der Waals surface area contributed by atoms with Gasteiger partial charge in [-0.25, -0.2) is 0 Å². The predicted molar refractivity (Wildman–Crippen MR) is 62.8 cm³/mol. The highest BCUT2D eigenvalue weighted by Crippen LogP contribution is 2.33. The molecule has 0 amide bonds. The van der Waals surface area contributed by atoms with Crippen LogP contribution in [0.3, 0.4) is 0 Å². The van der Waals surface area contributed by atoms with E-state index in [4.69, 9.17) is 15.9 Å². The fourth-order valence-electron chi connectivity index (χ4n) is 1.35. The van der Waals surface area contributed by atoms with Crippen LogP contribution in [0.4, 0.5) is 13.2 Å². The van der Waals surface area contributed by atoms with Crippen molar-refractivity contribution in [3.63, 3.8) is 0 Å². The van der Waals surface area contributed by atoms with E-state index in [1.807, 2.05) is 13.8 Å². The minimum Gasteiger partial charge on any atom is -0.493 e. The number of benzene rings is 1. The maximum absolute atomic E-state index is 12.7. The minimum atomic E-state index is -4.53. The molecule has 0 heterocycles. The smallest absolute Gasteiger partial charge is 0.417 e. The van der Waals surface area contributed by atoms with E-state index in [0.717, 1.165) is 12.1 Å².